The lowest BCUT2D eigenvalue weighted by Gasteiger charge is -2.35. The second-order valence-electron chi connectivity index (χ2n) is 7.10. The molecule has 1 aromatic carbocycles. The Kier molecular flexibility index (Phi) is 6.24. The number of oxazole rings is 1. The molecular formula is C17H23N5O7S. The Bertz CT molecular complexity index is 1110. The van der Waals surface area contributed by atoms with E-state index >= 15 is 0 Å². The number of nitro benzene ring substituents is 1. The van der Waals surface area contributed by atoms with Crippen LogP contribution in [0.4, 0.5) is 5.69 Å². The van der Waals surface area contributed by atoms with Gasteiger partial charge in [-0.2, -0.15) is 17.0 Å². The maximum atomic E-state index is 12.4. The fourth-order valence-electron chi connectivity index (χ4n) is 3.33. The van der Waals surface area contributed by atoms with Gasteiger partial charge in [0.15, 0.2) is 5.58 Å². The first-order valence-corrected chi connectivity index (χ1v) is 10.7. The molecule has 1 aromatic heterocycles. The van der Waals surface area contributed by atoms with Gasteiger partial charge in [-0.1, -0.05) is 0 Å². The molecule has 0 N–H and O–H groups in total. The van der Waals surface area contributed by atoms with E-state index in [1.807, 2.05) is 0 Å². The molecule has 30 heavy (non-hydrogen) atoms. The number of piperazine rings is 1. The van der Waals surface area contributed by atoms with Crippen LogP contribution in [-0.4, -0.2) is 77.6 Å². The molecule has 0 spiro atoms. The topological polar surface area (TPSA) is 139 Å². The van der Waals surface area contributed by atoms with E-state index < -0.39 is 20.9 Å². The number of hydrogen-bond donors (Lipinski definition) is 0. The highest BCUT2D eigenvalue weighted by Gasteiger charge is 2.30. The molecule has 164 valence electrons. The molecule has 0 aliphatic carbocycles. The van der Waals surface area contributed by atoms with Crippen LogP contribution in [-0.2, 0) is 21.5 Å². The summed E-state index contributed by atoms with van der Waals surface area (Å²) in [6.45, 7) is 1.31. The van der Waals surface area contributed by atoms with Crippen molar-refractivity contribution in [2.24, 2.45) is 0 Å². The van der Waals surface area contributed by atoms with Gasteiger partial charge in [-0.25, -0.2) is 4.79 Å². The number of amides is 1. The van der Waals surface area contributed by atoms with Gasteiger partial charge in [0.1, 0.15) is 0 Å². The first-order chi connectivity index (χ1) is 14.1. The molecule has 1 aliphatic rings. The number of carbonyl (C=O) groups is 1. The molecule has 1 aliphatic heterocycles. The number of nitrogens with zero attached hydrogens (tertiary/aromatic N) is 5. The zero-order chi connectivity index (χ0) is 22.1. The fourth-order valence-corrected chi connectivity index (χ4v) is 4.41. The Balaban J connectivity index is 1.56. The van der Waals surface area contributed by atoms with Gasteiger partial charge in [-0.15, -0.1) is 0 Å². The Morgan fingerprint density at radius 2 is 1.90 bits per heavy atom. The summed E-state index contributed by atoms with van der Waals surface area (Å²) < 4.78 is 33.2. The molecule has 1 amide bonds. The first kappa shape index (κ1) is 21.9. The standard InChI is InChI=1S/C17H23N5O7S/c1-18(2)30(27,28)20-10-8-19(9-11-20)16(23)4-3-7-21-14-6-5-13(22(25)26)12-15(14)29-17(21)24/h5-6,12H,3-4,7-11H2,1-2H3. The third-order valence-corrected chi connectivity index (χ3v) is 6.95. The Morgan fingerprint density at radius 1 is 1.23 bits per heavy atom. The Morgan fingerprint density at radius 3 is 2.50 bits per heavy atom. The highest BCUT2D eigenvalue weighted by Crippen LogP contribution is 2.20. The number of non-ortho nitro benzene ring substituents is 1. The van der Waals surface area contributed by atoms with Crippen LogP contribution in [0.15, 0.2) is 27.4 Å². The molecule has 13 heteroatoms. The predicted molar refractivity (Wildman–Crippen MR) is 107 cm³/mol. The van der Waals surface area contributed by atoms with E-state index in [-0.39, 0.29) is 43.2 Å². The van der Waals surface area contributed by atoms with Gasteiger partial charge in [0.25, 0.3) is 15.9 Å². The Hall–Kier alpha value is -2.77. The number of fused-ring (bicyclic) bond motifs is 1. The van der Waals surface area contributed by atoms with Crippen molar-refractivity contribution in [3.63, 3.8) is 0 Å². The van der Waals surface area contributed by atoms with Gasteiger partial charge in [-0.05, 0) is 12.5 Å². The molecule has 2 heterocycles. The molecule has 0 bridgehead atoms. The van der Waals surface area contributed by atoms with Crippen molar-refractivity contribution in [1.82, 2.24) is 18.1 Å². The van der Waals surface area contributed by atoms with E-state index in [2.05, 4.69) is 0 Å². The number of aryl methyl sites for hydroxylation is 1. The van der Waals surface area contributed by atoms with Crippen LogP contribution in [0.25, 0.3) is 11.1 Å². The molecule has 1 saturated heterocycles. The van der Waals surface area contributed by atoms with Crippen molar-refractivity contribution in [3.05, 3.63) is 38.9 Å². The number of hydrogen-bond acceptors (Lipinski definition) is 7. The zero-order valence-electron chi connectivity index (χ0n) is 16.7. The van der Waals surface area contributed by atoms with Crippen molar-refractivity contribution in [1.29, 1.82) is 0 Å². The van der Waals surface area contributed by atoms with E-state index in [1.54, 1.807) is 4.90 Å². The van der Waals surface area contributed by atoms with E-state index in [1.165, 1.54) is 41.2 Å². The Labute approximate surface area is 172 Å². The maximum absolute atomic E-state index is 12.4. The molecule has 0 atom stereocenters. The molecule has 12 nitrogen and oxygen atoms in total. The van der Waals surface area contributed by atoms with Crippen molar-refractivity contribution in [2.45, 2.75) is 19.4 Å². The number of benzene rings is 1. The normalized spacial score (nSPS) is 15.8. The molecule has 0 saturated carbocycles. The average molecular weight is 441 g/mol. The molecule has 0 unspecified atom stereocenters. The second-order valence-corrected chi connectivity index (χ2v) is 9.24. The minimum absolute atomic E-state index is 0.117. The van der Waals surface area contributed by atoms with Gasteiger partial charge < -0.3 is 9.32 Å². The van der Waals surface area contributed by atoms with Crippen LogP contribution in [0.2, 0.25) is 0 Å². The summed E-state index contributed by atoms with van der Waals surface area (Å²) in [6.07, 6.45) is 0.563. The minimum Gasteiger partial charge on any atom is -0.407 e. The van der Waals surface area contributed by atoms with E-state index in [9.17, 15) is 28.1 Å². The number of carbonyl (C=O) groups excluding carboxylic acids is 1. The zero-order valence-corrected chi connectivity index (χ0v) is 17.5. The van der Waals surface area contributed by atoms with Crippen LogP contribution >= 0.6 is 0 Å². The number of nitro groups is 1. The molecule has 1 fully saturated rings. The lowest BCUT2D eigenvalue weighted by molar-refractivity contribution is -0.384. The highest BCUT2D eigenvalue weighted by molar-refractivity contribution is 7.86. The third kappa shape index (κ3) is 4.37. The van der Waals surface area contributed by atoms with E-state index in [0.717, 1.165) is 4.31 Å². The SMILES string of the molecule is CN(C)S(=O)(=O)N1CCN(C(=O)CCCn2c(=O)oc3cc([N+](=O)[O-])ccc32)CC1. The lowest BCUT2D eigenvalue weighted by atomic mass is 10.2. The second kappa shape index (κ2) is 8.53. The molecule has 0 radical (unpaired) electrons. The highest BCUT2D eigenvalue weighted by atomic mass is 32.2. The summed E-state index contributed by atoms with van der Waals surface area (Å²) in [5, 5.41) is 10.8. The van der Waals surface area contributed by atoms with Crippen molar-refractivity contribution in [2.75, 3.05) is 40.3 Å². The van der Waals surface area contributed by atoms with E-state index in [4.69, 9.17) is 4.42 Å². The molecule has 2 aromatic rings. The third-order valence-electron chi connectivity index (χ3n) is 5.01. The van der Waals surface area contributed by atoms with E-state index in [0.29, 0.717) is 25.0 Å². The predicted octanol–water partition coefficient (Wildman–Crippen LogP) is 0.234. The van der Waals surface area contributed by atoms with Gasteiger partial charge in [0.05, 0.1) is 16.5 Å². The largest absolute Gasteiger partial charge is 0.419 e. The lowest BCUT2D eigenvalue weighted by Crippen LogP contribution is -2.53. The minimum atomic E-state index is -3.49. The van der Waals surface area contributed by atoms with Gasteiger partial charge in [0, 0.05) is 59.3 Å². The van der Waals surface area contributed by atoms with Crippen LogP contribution in [0.5, 0.6) is 0 Å². The molecular weight excluding hydrogens is 418 g/mol. The van der Waals surface area contributed by atoms with Crippen LogP contribution < -0.4 is 5.76 Å². The van der Waals surface area contributed by atoms with Crippen LogP contribution in [0, 0.1) is 10.1 Å². The summed E-state index contributed by atoms with van der Waals surface area (Å²) in [5.74, 6) is -0.756. The smallest absolute Gasteiger partial charge is 0.407 e. The first-order valence-electron chi connectivity index (χ1n) is 9.34. The summed E-state index contributed by atoms with van der Waals surface area (Å²) >= 11 is 0. The average Bonchev–Trinajstić information content (AvgIpc) is 3.02. The van der Waals surface area contributed by atoms with Gasteiger partial charge in [0.2, 0.25) is 5.91 Å². The van der Waals surface area contributed by atoms with Crippen molar-refractivity contribution < 1.29 is 22.6 Å². The maximum Gasteiger partial charge on any atom is 0.419 e. The quantitative estimate of drug-likeness (QED) is 0.443. The van der Waals surface area contributed by atoms with Gasteiger partial charge in [-0.3, -0.25) is 19.5 Å². The van der Waals surface area contributed by atoms with Crippen molar-refractivity contribution in [3.8, 4) is 0 Å². The number of aromatic nitrogens is 1. The van der Waals surface area contributed by atoms with Crippen LogP contribution in [0.3, 0.4) is 0 Å². The fraction of sp³-hybridized carbons (Fsp3) is 0.529. The monoisotopic (exact) mass is 441 g/mol. The summed E-state index contributed by atoms with van der Waals surface area (Å²) in [6, 6.07) is 3.93. The summed E-state index contributed by atoms with van der Waals surface area (Å²) in [5.41, 5.74) is 0.383. The van der Waals surface area contributed by atoms with Gasteiger partial charge >= 0.3 is 5.76 Å². The molecule has 3 rings (SSSR count). The summed E-state index contributed by atoms with van der Waals surface area (Å²) in [7, 11) is -0.562. The summed E-state index contributed by atoms with van der Waals surface area (Å²) in [4.78, 5) is 36.4. The number of rotatable bonds is 7. The van der Waals surface area contributed by atoms with Crippen molar-refractivity contribution >= 4 is 32.9 Å². The van der Waals surface area contributed by atoms with Crippen LogP contribution in [0.1, 0.15) is 12.8 Å².